The third-order valence-corrected chi connectivity index (χ3v) is 5.25. The first kappa shape index (κ1) is 16.2. The number of amides is 1. The van der Waals surface area contributed by atoms with Crippen LogP contribution >= 0.6 is 0 Å². The lowest BCUT2D eigenvalue weighted by molar-refractivity contribution is 0.0746. The lowest BCUT2D eigenvalue weighted by Crippen LogP contribution is -2.31. The van der Waals surface area contributed by atoms with Gasteiger partial charge in [-0.2, -0.15) is 0 Å². The van der Waals surface area contributed by atoms with E-state index in [0.717, 1.165) is 37.5 Å². The average Bonchev–Trinajstić information content (AvgIpc) is 3.29. The summed E-state index contributed by atoms with van der Waals surface area (Å²) in [5, 5.41) is 3.39. The molecule has 0 bridgehead atoms. The third-order valence-electron chi connectivity index (χ3n) is 5.25. The Morgan fingerprint density at radius 1 is 1.20 bits per heavy atom. The SMILES string of the molecule is Cc1ccc(OCc2ccc(C(=O)N3C[C@H]4CNC[C@H]4C3)o2)c(C)c1. The van der Waals surface area contributed by atoms with Crippen LogP contribution < -0.4 is 10.1 Å². The second-order valence-corrected chi connectivity index (χ2v) is 7.21. The predicted octanol–water partition coefficient (Wildman–Crippen LogP) is 2.77. The van der Waals surface area contributed by atoms with Crippen molar-refractivity contribution < 1.29 is 13.9 Å². The van der Waals surface area contributed by atoms with Crippen LogP contribution in [0.15, 0.2) is 34.7 Å². The molecule has 0 spiro atoms. The Balaban J connectivity index is 1.37. The maximum atomic E-state index is 12.6. The van der Waals surface area contributed by atoms with E-state index >= 15 is 0 Å². The van der Waals surface area contributed by atoms with Crippen molar-refractivity contribution in [3.63, 3.8) is 0 Å². The van der Waals surface area contributed by atoms with Crippen molar-refractivity contribution in [2.75, 3.05) is 26.2 Å². The van der Waals surface area contributed by atoms with E-state index in [4.69, 9.17) is 9.15 Å². The van der Waals surface area contributed by atoms with E-state index in [9.17, 15) is 4.79 Å². The van der Waals surface area contributed by atoms with E-state index in [1.54, 1.807) is 6.07 Å². The molecule has 1 aromatic carbocycles. The Morgan fingerprint density at radius 3 is 2.68 bits per heavy atom. The summed E-state index contributed by atoms with van der Waals surface area (Å²) in [6.45, 7) is 8.09. The molecule has 1 aromatic heterocycles. The molecule has 2 aliphatic heterocycles. The predicted molar refractivity (Wildman–Crippen MR) is 94.7 cm³/mol. The number of nitrogens with one attached hydrogen (secondary N) is 1. The van der Waals surface area contributed by atoms with Crippen LogP contribution in [0.4, 0.5) is 0 Å². The van der Waals surface area contributed by atoms with E-state index in [-0.39, 0.29) is 5.91 Å². The molecule has 5 nitrogen and oxygen atoms in total. The molecule has 1 amide bonds. The summed E-state index contributed by atoms with van der Waals surface area (Å²) in [6.07, 6.45) is 0. The molecule has 0 radical (unpaired) electrons. The van der Waals surface area contributed by atoms with Gasteiger partial charge in [0.1, 0.15) is 18.1 Å². The van der Waals surface area contributed by atoms with Gasteiger partial charge in [-0.05, 0) is 49.4 Å². The van der Waals surface area contributed by atoms with Crippen LogP contribution in [0.1, 0.15) is 27.4 Å². The lowest BCUT2D eigenvalue weighted by atomic mass is 10.0. The highest BCUT2D eigenvalue weighted by Crippen LogP contribution is 2.28. The molecule has 0 unspecified atom stereocenters. The number of nitrogens with zero attached hydrogens (tertiary/aromatic N) is 1. The first-order valence-corrected chi connectivity index (χ1v) is 8.89. The van der Waals surface area contributed by atoms with Crippen molar-refractivity contribution in [2.45, 2.75) is 20.5 Å². The van der Waals surface area contributed by atoms with Crippen molar-refractivity contribution >= 4 is 5.91 Å². The number of carbonyl (C=O) groups is 1. The van der Waals surface area contributed by atoms with Gasteiger partial charge in [0.15, 0.2) is 5.76 Å². The monoisotopic (exact) mass is 340 g/mol. The highest BCUT2D eigenvalue weighted by Gasteiger charge is 2.38. The summed E-state index contributed by atoms with van der Waals surface area (Å²) < 4.78 is 11.6. The standard InChI is InChI=1S/C20H24N2O3/c1-13-3-5-18(14(2)7-13)24-12-17-4-6-19(25-17)20(23)22-10-15-8-21-9-16(15)11-22/h3-7,15-16,21H,8-12H2,1-2H3/t15-,16+. The molecule has 3 heterocycles. The molecule has 2 fully saturated rings. The zero-order valence-electron chi connectivity index (χ0n) is 14.7. The van der Waals surface area contributed by atoms with Crippen LogP contribution in [0, 0.1) is 25.7 Å². The number of furan rings is 1. The van der Waals surface area contributed by atoms with E-state index in [1.165, 1.54) is 5.56 Å². The average molecular weight is 340 g/mol. The van der Waals surface area contributed by atoms with Gasteiger partial charge in [0.25, 0.3) is 5.91 Å². The Morgan fingerprint density at radius 2 is 1.96 bits per heavy atom. The summed E-state index contributed by atoms with van der Waals surface area (Å²) in [5.74, 6) is 3.09. The van der Waals surface area contributed by atoms with Crippen LogP contribution in [0.5, 0.6) is 5.75 Å². The minimum absolute atomic E-state index is 0.00725. The highest BCUT2D eigenvalue weighted by atomic mass is 16.5. The number of hydrogen-bond acceptors (Lipinski definition) is 4. The Kier molecular flexibility index (Phi) is 4.25. The fourth-order valence-electron chi connectivity index (χ4n) is 3.86. The second-order valence-electron chi connectivity index (χ2n) is 7.21. The molecule has 25 heavy (non-hydrogen) atoms. The van der Waals surface area contributed by atoms with Crippen molar-refractivity contribution in [1.29, 1.82) is 0 Å². The van der Waals surface area contributed by atoms with Crippen molar-refractivity contribution in [3.8, 4) is 5.75 Å². The van der Waals surface area contributed by atoms with Crippen LogP contribution in [-0.4, -0.2) is 37.0 Å². The maximum Gasteiger partial charge on any atom is 0.289 e. The topological polar surface area (TPSA) is 54.7 Å². The van der Waals surface area contributed by atoms with E-state index in [2.05, 4.69) is 18.3 Å². The number of ether oxygens (including phenoxy) is 1. The first-order valence-electron chi connectivity index (χ1n) is 8.89. The first-order chi connectivity index (χ1) is 12.1. The van der Waals surface area contributed by atoms with Crippen LogP contribution in [0.25, 0.3) is 0 Å². The van der Waals surface area contributed by atoms with Crippen LogP contribution in [-0.2, 0) is 6.61 Å². The van der Waals surface area contributed by atoms with Gasteiger partial charge in [-0.1, -0.05) is 17.7 Å². The number of hydrogen-bond donors (Lipinski definition) is 1. The Hall–Kier alpha value is -2.27. The number of fused-ring (bicyclic) bond motifs is 1. The van der Waals surface area contributed by atoms with Gasteiger partial charge in [-0.15, -0.1) is 0 Å². The largest absolute Gasteiger partial charge is 0.485 e. The minimum atomic E-state index is -0.00725. The molecule has 2 saturated heterocycles. The van der Waals surface area contributed by atoms with Gasteiger partial charge >= 0.3 is 0 Å². The molecule has 0 saturated carbocycles. The molecule has 5 heteroatoms. The molecule has 2 atom stereocenters. The molecule has 1 N–H and O–H groups in total. The van der Waals surface area contributed by atoms with E-state index < -0.39 is 0 Å². The minimum Gasteiger partial charge on any atom is -0.485 e. The molecule has 132 valence electrons. The van der Waals surface area contributed by atoms with Gasteiger partial charge in [-0.25, -0.2) is 0 Å². The number of benzene rings is 1. The van der Waals surface area contributed by atoms with E-state index in [1.807, 2.05) is 30.0 Å². The smallest absolute Gasteiger partial charge is 0.289 e. The molecular weight excluding hydrogens is 316 g/mol. The quantitative estimate of drug-likeness (QED) is 0.930. The number of likely N-dealkylation sites (tertiary alicyclic amines) is 1. The Labute approximate surface area is 148 Å². The highest BCUT2D eigenvalue weighted by molar-refractivity contribution is 5.91. The van der Waals surface area contributed by atoms with Gasteiger partial charge in [0.05, 0.1) is 0 Å². The number of carbonyl (C=O) groups excluding carboxylic acids is 1. The molecule has 2 aliphatic rings. The molecule has 4 rings (SSSR count). The van der Waals surface area contributed by atoms with Crippen LogP contribution in [0.3, 0.4) is 0 Å². The fourth-order valence-corrected chi connectivity index (χ4v) is 3.86. The second kappa shape index (κ2) is 6.56. The Bertz CT molecular complexity index is 771. The summed E-state index contributed by atoms with van der Waals surface area (Å²) in [5.41, 5.74) is 2.31. The van der Waals surface area contributed by atoms with Gasteiger partial charge in [0, 0.05) is 26.2 Å². The summed E-state index contributed by atoms with van der Waals surface area (Å²) >= 11 is 0. The zero-order chi connectivity index (χ0) is 17.4. The molecule has 2 aromatic rings. The zero-order valence-corrected chi connectivity index (χ0v) is 14.7. The van der Waals surface area contributed by atoms with Crippen LogP contribution in [0.2, 0.25) is 0 Å². The van der Waals surface area contributed by atoms with Gasteiger partial charge in [-0.3, -0.25) is 4.79 Å². The molecular formula is C20H24N2O3. The lowest BCUT2D eigenvalue weighted by Gasteiger charge is -2.15. The summed E-state index contributed by atoms with van der Waals surface area (Å²) in [6, 6.07) is 9.67. The van der Waals surface area contributed by atoms with Crippen molar-refractivity contribution in [2.24, 2.45) is 11.8 Å². The summed E-state index contributed by atoms with van der Waals surface area (Å²) in [7, 11) is 0. The summed E-state index contributed by atoms with van der Waals surface area (Å²) in [4.78, 5) is 14.5. The number of rotatable bonds is 4. The van der Waals surface area contributed by atoms with Gasteiger partial charge in [0.2, 0.25) is 0 Å². The van der Waals surface area contributed by atoms with Gasteiger partial charge < -0.3 is 19.4 Å². The normalized spacial score (nSPS) is 22.2. The van der Waals surface area contributed by atoms with Crippen molar-refractivity contribution in [3.05, 3.63) is 53.0 Å². The molecule has 0 aliphatic carbocycles. The van der Waals surface area contributed by atoms with E-state index in [0.29, 0.717) is 30.0 Å². The number of aryl methyl sites for hydroxylation is 2. The maximum absolute atomic E-state index is 12.6. The third kappa shape index (κ3) is 3.29. The fraction of sp³-hybridized carbons (Fsp3) is 0.450. The van der Waals surface area contributed by atoms with Crippen molar-refractivity contribution in [1.82, 2.24) is 10.2 Å².